The molecule has 0 saturated carbocycles. The Balaban J connectivity index is 0.000000204. The Labute approximate surface area is 857 Å². The van der Waals surface area contributed by atoms with Gasteiger partial charge in [0.15, 0.2) is 34.9 Å². The number of hydrogen-bond donors (Lipinski definition) is 12. The molecule has 6 aliphatic rings. The zero-order valence-corrected chi connectivity index (χ0v) is 90.1. The minimum atomic E-state index is 0. The molecule has 1 atom stereocenters. The van der Waals surface area contributed by atoms with Gasteiger partial charge in [-0.25, -0.2) is 31.6 Å². The second-order valence-electron chi connectivity index (χ2n) is 41.0. The number of likely N-dealkylation sites (tertiary alicyclic amines) is 1. The van der Waals surface area contributed by atoms with Crippen molar-refractivity contribution in [3.8, 4) is 0 Å². The Bertz CT molecular complexity index is 6420. The number of nitrogens with zero attached hydrogens (tertiary/aromatic N) is 25. The number of fused-ring (bicyclic) bond motifs is 7. The van der Waals surface area contributed by atoms with Gasteiger partial charge in [-0.1, -0.05) is 49.4 Å². The largest absolute Gasteiger partial charge is 0.394 e. The van der Waals surface area contributed by atoms with Gasteiger partial charge in [-0.05, 0) is 103 Å². The second-order valence-corrected chi connectivity index (χ2v) is 41.0. The summed E-state index contributed by atoms with van der Waals surface area (Å²) >= 11 is 0. The number of aromatic nitrogens is 14. The standard InChI is InChI=1S/C17H29N6.C16H20N5.C15H25N6.C14H22N5.C13H19N5O.C13H20N5.C12H17N4.7CH3/c1-3-12-23(2)13-10-21(11-14-23)9-7-19-17-16(18)15-6-4-5-8-22(15)20-17;1-21(2,3)13-9-7-12(8-10-13)18-16-15(17)14-6-4-5-11-20(14)19-16;1-21(2)11-9-19(10-12-21)8-6-17-15-14(16)13-5-3-4-7-20(13)18-15;1-19(2,3)11-7-9-17(10-11)14-13(15)12-6-4-5-8-18(12)16-14;14-12-11-3-1-2-4-18(11)15-13(12)17-7-5-16(6-8-17)9-10-19;1-18(2)9-7-16(8-10-18)13-12(14)11-5-3-4-6-17(11)15-13;1-16(8-4-5-9-16)12-11(13)10-6-2-3-7-15(10)14-12;;;;;;;/h4-6,8H,3,7,9-14,18H2,1-2H3,(H,19,20);4-11H,17H2,1-3H3,(H,18,19);3-5,7H,6,8-12,16H2,1-2H3,(H,17,18);4-6,8,11H,7,9-10,15H2,1-3H3;1-4,19H,5-10,14H2;3-6H,7-10,14H2,1-2H3;2-3,6-7H,4-5,8-9,13H2,1H3;7*1H3/q4*+1;;2*+1;7*-1/p+1. The predicted molar refractivity (Wildman–Crippen MR) is 608 cm³/mol. The predicted octanol–water partition coefficient (Wildman–Crippen LogP) is 10.5. The number of aliphatic hydroxyl groups excluding tert-OH is 1. The van der Waals surface area contributed by atoms with Crippen molar-refractivity contribution in [3.05, 3.63) is 247 Å². The number of piperazine rings is 4. The van der Waals surface area contributed by atoms with Gasteiger partial charge in [-0.2, -0.15) is 0 Å². The molecule has 0 radical (unpaired) electrons. The fraction of sp³-hybridized carbons (Fsp3) is 0.421. The molecule has 0 spiro atoms. The first-order valence-corrected chi connectivity index (χ1v) is 48.7. The van der Waals surface area contributed by atoms with Crippen LogP contribution in [0.15, 0.2) is 195 Å². The summed E-state index contributed by atoms with van der Waals surface area (Å²) in [7, 11) is 26.9. The summed E-state index contributed by atoms with van der Waals surface area (Å²) < 4.78 is 18.9. The summed E-state index contributed by atoms with van der Waals surface area (Å²) in [5, 5.41) is 50.9. The van der Waals surface area contributed by atoms with Crippen LogP contribution in [-0.2, 0) is 0 Å². The lowest BCUT2D eigenvalue weighted by Crippen LogP contribution is -3.15. The monoisotopic (exact) mass is 1980 g/mol. The average Bonchev–Trinajstić information content (AvgIpc) is 1.62. The molecular weight excluding hydrogens is 1810 g/mol. The van der Waals surface area contributed by atoms with Gasteiger partial charge in [-0.15, -0.1) is 35.7 Å². The van der Waals surface area contributed by atoms with E-state index in [0.29, 0.717) is 17.5 Å². The van der Waals surface area contributed by atoms with Crippen LogP contribution in [0.2, 0.25) is 0 Å². The third-order valence-electron chi connectivity index (χ3n) is 28.1. The Morgan fingerprint density at radius 2 is 0.722 bits per heavy atom. The zero-order chi connectivity index (χ0) is 97.0. The number of aliphatic hydroxyl groups is 1. The van der Waals surface area contributed by atoms with E-state index in [1.165, 1.54) is 86.6 Å². The number of pyridine rings is 7. The molecular formula is C107H174N36O. The molecule has 1 unspecified atom stereocenters. The fourth-order valence-corrected chi connectivity index (χ4v) is 19.0. The fourth-order valence-electron chi connectivity index (χ4n) is 19.0. The summed E-state index contributed by atoms with van der Waals surface area (Å²) in [6.45, 7) is 30.7. The van der Waals surface area contributed by atoms with E-state index >= 15 is 0 Å². The third-order valence-corrected chi connectivity index (χ3v) is 28.1. The number of likely N-dealkylation sites (N-methyl/N-ethyl adjacent to an activating group) is 4. The Kier molecular flexibility index (Phi) is 40.8. The van der Waals surface area contributed by atoms with E-state index < -0.39 is 0 Å². The first kappa shape index (κ1) is 116. The van der Waals surface area contributed by atoms with Crippen LogP contribution >= 0.6 is 0 Å². The molecule has 6 aliphatic heterocycles. The van der Waals surface area contributed by atoms with Gasteiger partial charge < -0.3 is 151 Å². The van der Waals surface area contributed by atoms with Crippen molar-refractivity contribution >= 4 is 131 Å². The van der Waals surface area contributed by atoms with Gasteiger partial charge in [0, 0.05) is 139 Å². The molecule has 37 nitrogen and oxygen atoms in total. The van der Waals surface area contributed by atoms with E-state index in [9.17, 15) is 0 Å². The maximum absolute atomic E-state index is 8.97. The van der Waals surface area contributed by atoms with Crippen LogP contribution < -0.4 is 84.7 Å². The van der Waals surface area contributed by atoms with Crippen LogP contribution in [0.5, 0.6) is 0 Å². The average molecular weight is 1980 g/mol. The Morgan fingerprint density at radius 1 is 0.382 bits per heavy atom. The smallest absolute Gasteiger partial charge is 0.270 e. The number of rotatable bonds is 20. The zero-order valence-electron chi connectivity index (χ0n) is 90.1. The molecule has 20 heterocycles. The molecule has 19 N–H and O–H groups in total. The lowest BCUT2D eigenvalue weighted by molar-refractivity contribution is -0.913. The molecule has 144 heavy (non-hydrogen) atoms. The minimum Gasteiger partial charge on any atom is -0.394 e. The maximum atomic E-state index is 8.97. The molecule has 14 aromatic heterocycles. The van der Waals surface area contributed by atoms with Crippen LogP contribution in [0.3, 0.4) is 0 Å². The molecule has 1 aromatic carbocycles. The van der Waals surface area contributed by atoms with Gasteiger partial charge in [0.2, 0.25) is 0 Å². The van der Waals surface area contributed by atoms with Crippen molar-refractivity contribution in [3.63, 3.8) is 0 Å². The van der Waals surface area contributed by atoms with Crippen molar-refractivity contribution in [2.75, 3.05) is 332 Å². The summed E-state index contributed by atoms with van der Waals surface area (Å²) in [5.74, 6) is 6.04. The molecule has 15 aromatic rings. The molecule has 0 bridgehead atoms. The van der Waals surface area contributed by atoms with E-state index in [4.69, 9.17) is 45.2 Å². The van der Waals surface area contributed by atoms with Gasteiger partial charge in [0.1, 0.15) is 58.1 Å². The van der Waals surface area contributed by atoms with Crippen molar-refractivity contribution in [1.82, 2.24) is 86.1 Å². The summed E-state index contributed by atoms with van der Waals surface area (Å²) in [6.07, 6.45) is 18.5. The number of quaternary nitrogens is 7. The van der Waals surface area contributed by atoms with Gasteiger partial charge in [0.25, 0.3) is 5.82 Å². The SMILES string of the molecule is CCC[N+]1(C)CCN(CCNc2nn3ccccc3c2N)CC1.C[N+](C)(C)C1CCN(c2nn3ccccc3c2N)C1.C[N+](C)(C)c1ccc(Nc2nn3ccccc3c2N)cc1.C[N+]1(C)CCN(CCNc2nn3ccccc3c2N)CC1.C[N+]1(C)CCN(c2nn3ccccc3c2N)CC1.C[N+]1(c2nn3ccccc3c2N)CCCC1.Nc1c(N2CC[NH+](CCO)CC2)nn2ccccc12.[CH3-].[CH3-].[CH3-].[CH3-].[CH3-].[CH3-].[CH3-]. The highest BCUT2D eigenvalue weighted by Crippen LogP contribution is 2.37. The number of nitrogens with one attached hydrogen (secondary N) is 4. The number of anilines is 14. The molecule has 21 rings (SSSR count). The number of nitrogens with two attached hydrogens (primary N) is 7. The van der Waals surface area contributed by atoms with Crippen molar-refractivity contribution in [2.45, 2.75) is 38.6 Å². The Hall–Kier alpha value is -13.0. The summed E-state index contributed by atoms with van der Waals surface area (Å²) in [5.41, 5.74) is 57.6. The van der Waals surface area contributed by atoms with Crippen molar-refractivity contribution in [1.29, 1.82) is 0 Å². The highest BCUT2D eigenvalue weighted by molar-refractivity contribution is 5.86. The minimum absolute atomic E-state index is 0. The summed E-state index contributed by atoms with van der Waals surface area (Å²) in [4.78, 5) is 13.3. The molecule has 0 amide bonds. The van der Waals surface area contributed by atoms with E-state index in [2.05, 4.69) is 180 Å². The van der Waals surface area contributed by atoms with E-state index in [1.807, 2.05) is 210 Å². The quantitative estimate of drug-likeness (QED) is 0.0249. The van der Waals surface area contributed by atoms with Crippen LogP contribution in [0.1, 0.15) is 32.6 Å². The molecule has 37 heteroatoms. The second kappa shape index (κ2) is 50.5. The maximum Gasteiger partial charge on any atom is 0.270 e. The van der Waals surface area contributed by atoms with E-state index in [0.717, 1.165) is 260 Å². The van der Waals surface area contributed by atoms with Crippen LogP contribution in [0.4, 0.5) is 91.9 Å². The lowest BCUT2D eigenvalue weighted by Gasteiger charge is -2.42. The van der Waals surface area contributed by atoms with Crippen LogP contribution in [0.25, 0.3) is 38.6 Å². The third kappa shape index (κ3) is 28.0. The number of hydrogen-bond acceptors (Lipinski definition) is 23. The van der Waals surface area contributed by atoms with Gasteiger partial charge in [0.05, 0.1) is 235 Å². The first-order valence-electron chi connectivity index (χ1n) is 48.7. The molecule has 6 fully saturated rings. The van der Waals surface area contributed by atoms with Crippen LogP contribution in [-0.4, -0.2) is 368 Å². The molecule has 788 valence electrons. The molecule has 0 aliphatic carbocycles. The van der Waals surface area contributed by atoms with Gasteiger partial charge >= 0.3 is 0 Å². The van der Waals surface area contributed by atoms with E-state index in [1.54, 1.807) is 4.52 Å². The summed E-state index contributed by atoms with van der Waals surface area (Å²) in [6, 6.07) is 50.5. The topological polar surface area (TPSA) is 380 Å². The highest BCUT2D eigenvalue weighted by atomic mass is 16.3. The Morgan fingerprint density at radius 3 is 1.08 bits per heavy atom. The molecule has 6 saturated heterocycles. The van der Waals surface area contributed by atoms with Crippen LogP contribution in [0, 0.1) is 52.0 Å². The number of nitrogen functional groups attached to an aromatic ring is 7. The van der Waals surface area contributed by atoms with E-state index in [-0.39, 0.29) is 58.6 Å². The van der Waals surface area contributed by atoms with Crippen molar-refractivity contribution in [2.24, 2.45) is 0 Å². The first-order chi connectivity index (χ1) is 65.6. The highest BCUT2D eigenvalue weighted by Gasteiger charge is 2.38. The van der Waals surface area contributed by atoms with Crippen molar-refractivity contribution < 1.29 is 27.9 Å². The normalized spacial score (nSPS) is 16.9. The lowest BCUT2D eigenvalue weighted by atomic mass is 10.2. The number of benzene rings is 1. The van der Waals surface area contributed by atoms with Gasteiger partial charge in [-0.3, -0.25) is 18.8 Å².